The van der Waals surface area contributed by atoms with Crippen LogP contribution in [-0.2, 0) is 14.3 Å². The van der Waals surface area contributed by atoms with Gasteiger partial charge in [-0.1, -0.05) is 48.5 Å². The van der Waals surface area contributed by atoms with Crippen molar-refractivity contribution < 1.29 is 24.2 Å². The fraction of sp³-hybridized carbons (Fsp3) is 0.238. The van der Waals surface area contributed by atoms with Crippen LogP contribution >= 0.6 is 0 Å². The number of rotatable bonds is 5. The van der Waals surface area contributed by atoms with Crippen LogP contribution in [0.5, 0.6) is 0 Å². The van der Waals surface area contributed by atoms with Gasteiger partial charge in [-0.2, -0.15) is 0 Å². The maximum absolute atomic E-state index is 12.3. The Balaban J connectivity index is 1.72. The molecule has 1 saturated heterocycles. The Morgan fingerprint density at radius 1 is 1.19 bits per heavy atom. The fourth-order valence-electron chi connectivity index (χ4n) is 2.87. The minimum absolute atomic E-state index is 0.179. The first-order valence-electron chi connectivity index (χ1n) is 8.36. The number of hydrogen-bond donors (Lipinski definition) is 1. The van der Waals surface area contributed by atoms with Gasteiger partial charge in [-0.3, -0.25) is 0 Å². The summed E-state index contributed by atoms with van der Waals surface area (Å²) >= 11 is 0. The molecule has 1 aliphatic rings. The second-order valence-corrected chi connectivity index (χ2v) is 6.38. The number of ether oxygens (including phenoxy) is 2. The Bertz CT molecular complexity index is 840. The van der Waals surface area contributed by atoms with Crippen molar-refractivity contribution in [3.63, 3.8) is 0 Å². The molecule has 1 heterocycles. The van der Waals surface area contributed by atoms with E-state index < -0.39 is 24.1 Å². The number of carbonyl (C=O) groups is 2. The molecule has 0 aliphatic carbocycles. The lowest BCUT2D eigenvalue weighted by Crippen LogP contribution is -2.39. The van der Waals surface area contributed by atoms with Gasteiger partial charge in [-0.25, -0.2) is 9.59 Å². The summed E-state index contributed by atoms with van der Waals surface area (Å²) in [4.78, 5) is 24.5. The number of carbonyl (C=O) groups excluding carboxylic acids is 2. The lowest BCUT2D eigenvalue weighted by atomic mass is 9.98. The van der Waals surface area contributed by atoms with E-state index in [-0.39, 0.29) is 13.0 Å². The smallest absolute Gasteiger partial charge is 0.338 e. The lowest BCUT2D eigenvalue weighted by Gasteiger charge is -2.24. The van der Waals surface area contributed by atoms with E-state index in [9.17, 15) is 14.7 Å². The van der Waals surface area contributed by atoms with Gasteiger partial charge in [0.25, 0.3) is 0 Å². The molecule has 1 fully saturated rings. The first kappa shape index (κ1) is 17.9. The van der Waals surface area contributed by atoms with Gasteiger partial charge >= 0.3 is 11.9 Å². The second kappa shape index (κ2) is 7.54. The number of aliphatic hydroxyl groups excluding tert-OH is 1. The highest BCUT2D eigenvalue weighted by Crippen LogP contribution is 2.32. The van der Waals surface area contributed by atoms with Gasteiger partial charge in [0.15, 0.2) is 5.60 Å². The monoisotopic (exact) mass is 352 g/mol. The van der Waals surface area contributed by atoms with Crippen LogP contribution in [-0.4, -0.2) is 35.9 Å². The average Bonchev–Trinajstić information content (AvgIpc) is 2.97. The molecule has 0 aromatic heterocycles. The number of hydrogen-bond acceptors (Lipinski definition) is 5. The van der Waals surface area contributed by atoms with Gasteiger partial charge in [0.1, 0.15) is 6.61 Å². The molecule has 1 aliphatic heterocycles. The quantitative estimate of drug-likeness (QED) is 0.662. The van der Waals surface area contributed by atoms with E-state index in [0.717, 1.165) is 11.1 Å². The molecule has 2 aromatic carbocycles. The highest BCUT2D eigenvalue weighted by molar-refractivity contribution is 5.96. The fourth-order valence-corrected chi connectivity index (χ4v) is 2.87. The maximum Gasteiger partial charge on any atom is 0.338 e. The van der Waals surface area contributed by atoms with Crippen molar-refractivity contribution in [3.8, 4) is 0 Å². The van der Waals surface area contributed by atoms with Gasteiger partial charge in [0.2, 0.25) is 0 Å². The first-order chi connectivity index (χ1) is 12.5. The largest absolute Gasteiger partial charge is 0.458 e. The minimum Gasteiger partial charge on any atom is -0.458 e. The first-order valence-corrected chi connectivity index (χ1v) is 8.36. The summed E-state index contributed by atoms with van der Waals surface area (Å²) in [6.07, 6.45) is 1.90. The van der Waals surface area contributed by atoms with Crippen molar-refractivity contribution in [2.24, 2.45) is 0 Å². The van der Waals surface area contributed by atoms with Crippen molar-refractivity contribution in [3.05, 3.63) is 76.9 Å². The zero-order valence-electron chi connectivity index (χ0n) is 14.5. The molecule has 134 valence electrons. The predicted molar refractivity (Wildman–Crippen MR) is 96.4 cm³/mol. The van der Waals surface area contributed by atoms with Crippen molar-refractivity contribution in [2.75, 3.05) is 13.2 Å². The van der Waals surface area contributed by atoms with Crippen LogP contribution in [0.1, 0.15) is 27.9 Å². The van der Waals surface area contributed by atoms with Crippen molar-refractivity contribution >= 4 is 18.0 Å². The van der Waals surface area contributed by atoms with E-state index in [1.54, 1.807) is 18.2 Å². The number of aryl methyl sites for hydroxylation is 1. The topological polar surface area (TPSA) is 72.8 Å². The van der Waals surface area contributed by atoms with Crippen LogP contribution in [0.3, 0.4) is 0 Å². The lowest BCUT2D eigenvalue weighted by molar-refractivity contribution is -0.154. The third kappa shape index (κ3) is 3.83. The summed E-state index contributed by atoms with van der Waals surface area (Å²) < 4.78 is 10.7. The summed E-state index contributed by atoms with van der Waals surface area (Å²) in [5.74, 6) is -1.01. The van der Waals surface area contributed by atoms with Crippen LogP contribution in [0.15, 0.2) is 60.2 Å². The molecule has 0 radical (unpaired) electrons. The Kier molecular flexibility index (Phi) is 5.19. The Morgan fingerprint density at radius 3 is 2.58 bits per heavy atom. The summed E-state index contributed by atoms with van der Waals surface area (Å²) in [6, 6.07) is 16.4. The Hall–Kier alpha value is -2.92. The standard InChI is InChI=1S/C21H20O5/c1-15-7-5-6-10-18(15)20(24)25-14-21(13-22)12-17(19(23)26-21)11-16-8-3-2-4-9-16/h2-11,22H,12-14H2,1H3/b17-11-. The van der Waals surface area contributed by atoms with Gasteiger partial charge in [0, 0.05) is 12.0 Å². The molecular weight excluding hydrogens is 332 g/mol. The maximum atomic E-state index is 12.3. The second-order valence-electron chi connectivity index (χ2n) is 6.38. The minimum atomic E-state index is -1.24. The number of esters is 2. The third-order valence-corrected chi connectivity index (χ3v) is 4.34. The van der Waals surface area contributed by atoms with E-state index in [2.05, 4.69) is 0 Å². The molecule has 3 rings (SSSR count). The molecule has 0 spiro atoms. The van der Waals surface area contributed by atoms with Crippen LogP contribution in [0.2, 0.25) is 0 Å². The molecule has 26 heavy (non-hydrogen) atoms. The molecule has 5 nitrogen and oxygen atoms in total. The zero-order valence-corrected chi connectivity index (χ0v) is 14.5. The van der Waals surface area contributed by atoms with Gasteiger partial charge in [0.05, 0.1) is 12.2 Å². The molecule has 1 N–H and O–H groups in total. The van der Waals surface area contributed by atoms with Crippen LogP contribution in [0.4, 0.5) is 0 Å². The summed E-state index contributed by atoms with van der Waals surface area (Å²) in [6.45, 7) is 1.19. The summed E-state index contributed by atoms with van der Waals surface area (Å²) in [5, 5.41) is 9.76. The summed E-state index contributed by atoms with van der Waals surface area (Å²) in [7, 11) is 0. The Labute approximate surface area is 151 Å². The summed E-state index contributed by atoms with van der Waals surface area (Å²) in [5.41, 5.74) is 1.31. The van der Waals surface area contributed by atoms with E-state index in [1.165, 1.54) is 0 Å². The Morgan fingerprint density at radius 2 is 1.88 bits per heavy atom. The molecule has 2 aromatic rings. The third-order valence-electron chi connectivity index (χ3n) is 4.34. The van der Waals surface area contributed by atoms with Gasteiger partial charge in [-0.15, -0.1) is 0 Å². The average molecular weight is 352 g/mol. The molecule has 5 heteroatoms. The number of cyclic esters (lactones) is 1. The molecule has 0 amide bonds. The van der Waals surface area contributed by atoms with E-state index in [4.69, 9.17) is 9.47 Å². The molecule has 1 unspecified atom stereocenters. The molecule has 1 atom stereocenters. The van der Waals surface area contributed by atoms with E-state index >= 15 is 0 Å². The molecule has 0 saturated carbocycles. The highest BCUT2D eigenvalue weighted by Gasteiger charge is 2.44. The SMILES string of the molecule is Cc1ccccc1C(=O)OCC1(CO)C/C(=C/c2ccccc2)C(=O)O1. The van der Waals surface area contributed by atoms with Gasteiger partial charge in [-0.05, 0) is 30.2 Å². The van der Waals surface area contributed by atoms with Gasteiger partial charge < -0.3 is 14.6 Å². The molecule has 0 bridgehead atoms. The van der Waals surface area contributed by atoms with Crippen LogP contribution in [0, 0.1) is 6.92 Å². The van der Waals surface area contributed by atoms with Crippen LogP contribution in [0.25, 0.3) is 6.08 Å². The predicted octanol–water partition coefficient (Wildman–Crippen LogP) is 2.91. The number of aliphatic hydroxyl groups is 1. The number of benzene rings is 2. The van der Waals surface area contributed by atoms with Crippen molar-refractivity contribution in [2.45, 2.75) is 18.9 Å². The van der Waals surface area contributed by atoms with E-state index in [0.29, 0.717) is 11.1 Å². The van der Waals surface area contributed by atoms with Crippen molar-refractivity contribution in [1.29, 1.82) is 0 Å². The van der Waals surface area contributed by atoms with Crippen molar-refractivity contribution in [1.82, 2.24) is 0 Å². The normalized spacial score (nSPS) is 20.8. The highest BCUT2D eigenvalue weighted by atomic mass is 16.6. The molecular formula is C21H20O5. The van der Waals surface area contributed by atoms with E-state index in [1.807, 2.05) is 49.4 Å². The van der Waals surface area contributed by atoms with Crippen LogP contribution < -0.4 is 0 Å². The zero-order chi connectivity index (χ0) is 18.6.